The van der Waals surface area contributed by atoms with Crippen molar-refractivity contribution in [2.24, 2.45) is 0 Å². The molecule has 1 fully saturated rings. The second kappa shape index (κ2) is 5.15. The van der Waals surface area contributed by atoms with Crippen molar-refractivity contribution in [1.82, 2.24) is 5.32 Å². The lowest BCUT2D eigenvalue weighted by atomic mass is 9.82. The summed E-state index contributed by atoms with van der Waals surface area (Å²) in [6.07, 6.45) is 4.60. The molecule has 0 unspecified atom stereocenters. The third kappa shape index (κ3) is 2.84. The molecule has 1 aromatic carbocycles. The van der Waals surface area contributed by atoms with Crippen molar-refractivity contribution in [2.75, 3.05) is 0 Å². The van der Waals surface area contributed by atoms with E-state index in [1.807, 2.05) is 0 Å². The van der Waals surface area contributed by atoms with Crippen LogP contribution in [-0.4, -0.2) is 11.9 Å². The third-order valence-electron chi connectivity index (χ3n) is 3.41. The number of rotatable bonds is 2. The molecular formula is C14H19NO. The van der Waals surface area contributed by atoms with Gasteiger partial charge in [-0.1, -0.05) is 30.3 Å². The Balaban J connectivity index is 1.88. The number of carbonyl (C=O) groups excluding carboxylic acids is 1. The van der Waals surface area contributed by atoms with Gasteiger partial charge in [-0.2, -0.15) is 0 Å². The van der Waals surface area contributed by atoms with Gasteiger partial charge in [-0.3, -0.25) is 4.79 Å². The molecule has 1 N–H and O–H groups in total. The van der Waals surface area contributed by atoms with Gasteiger partial charge < -0.3 is 5.32 Å². The molecule has 86 valence electrons. The quantitative estimate of drug-likeness (QED) is 0.811. The molecule has 1 aliphatic rings. The summed E-state index contributed by atoms with van der Waals surface area (Å²) in [5.74, 6) is 0.786. The maximum atomic E-state index is 11.0. The van der Waals surface area contributed by atoms with E-state index >= 15 is 0 Å². The molecule has 2 heteroatoms. The Morgan fingerprint density at radius 1 is 1.12 bits per heavy atom. The van der Waals surface area contributed by atoms with Crippen LogP contribution in [0.3, 0.4) is 0 Å². The van der Waals surface area contributed by atoms with E-state index in [2.05, 4.69) is 35.6 Å². The van der Waals surface area contributed by atoms with Crippen molar-refractivity contribution in [3.05, 3.63) is 35.9 Å². The molecular weight excluding hydrogens is 198 g/mol. The highest BCUT2D eigenvalue weighted by molar-refractivity contribution is 5.73. The van der Waals surface area contributed by atoms with Crippen molar-refractivity contribution in [1.29, 1.82) is 0 Å². The standard InChI is InChI=1S/C14H19NO/c1-11(16)15-14-9-7-13(8-10-14)12-5-3-2-4-6-12/h2-6,13-14H,7-10H2,1H3,(H,15,16). The Bertz CT molecular complexity index is 339. The minimum atomic E-state index is 0.100. The molecule has 16 heavy (non-hydrogen) atoms. The van der Waals surface area contributed by atoms with Gasteiger partial charge in [0.2, 0.25) is 5.91 Å². The third-order valence-corrected chi connectivity index (χ3v) is 3.41. The molecule has 1 saturated carbocycles. The Morgan fingerprint density at radius 3 is 2.31 bits per heavy atom. The lowest BCUT2D eigenvalue weighted by Crippen LogP contribution is -2.35. The highest BCUT2D eigenvalue weighted by Crippen LogP contribution is 2.32. The van der Waals surface area contributed by atoms with Crippen molar-refractivity contribution in [2.45, 2.75) is 44.6 Å². The molecule has 0 atom stereocenters. The van der Waals surface area contributed by atoms with Crippen LogP contribution >= 0.6 is 0 Å². The number of hydrogen-bond donors (Lipinski definition) is 1. The predicted molar refractivity (Wildman–Crippen MR) is 65.3 cm³/mol. The number of benzene rings is 1. The second-order valence-electron chi connectivity index (χ2n) is 4.66. The van der Waals surface area contributed by atoms with Gasteiger partial charge in [-0.15, -0.1) is 0 Å². The van der Waals surface area contributed by atoms with E-state index in [4.69, 9.17) is 0 Å². The zero-order chi connectivity index (χ0) is 11.4. The molecule has 0 heterocycles. The van der Waals surface area contributed by atoms with E-state index in [9.17, 15) is 4.79 Å². The summed E-state index contributed by atoms with van der Waals surface area (Å²) in [6.45, 7) is 1.60. The van der Waals surface area contributed by atoms with Crippen LogP contribution in [0.5, 0.6) is 0 Å². The Morgan fingerprint density at radius 2 is 1.75 bits per heavy atom. The summed E-state index contributed by atoms with van der Waals surface area (Å²) in [6, 6.07) is 11.1. The van der Waals surface area contributed by atoms with Crippen molar-refractivity contribution >= 4 is 5.91 Å². The van der Waals surface area contributed by atoms with Gasteiger partial charge in [-0.25, -0.2) is 0 Å². The lowest BCUT2D eigenvalue weighted by Gasteiger charge is -2.29. The first-order valence-corrected chi connectivity index (χ1v) is 6.08. The minimum absolute atomic E-state index is 0.100. The molecule has 0 spiro atoms. The Kier molecular flexibility index (Phi) is 3.60. The van der Waals surface area contributed by atoms with E-state index in [1.165, 1.54) is 18.4 Å². The van der Waals surface area contributed by atoms with E-state index < -0.39 is 0 Å². The van der Waals surface area contributed by atoms with Crippen LogP contribution < -0.4 is 5.32 Å². The number of amides is 1. The van der Waals surface area contributed by atoms with Gasteiger partial charge in [0, 0.05) is 13.0 Å². The molecule has 0 bridgehead atoms. The molecule has 1 amide bonds. The summed E-state index contributed by atoms with van der Waals surface area (Å²) in [5.41, 5.74) is 1.45. The van der Waals surface area contributed by atoms with E-state index in [0.717, 1.165) is 12.8 Å². The van der Waals surface area contributed by atoms with Crippen LogP contribution in [0, 0.1) is 0 Å². The van der Waals surface area contributed by atoms with Gasteiger partial charge >= 0.3 is 0 Å². The average molecular weight is 217 g/mol. The average Bonchev–Trinajstić information content (AvgIpc) is 2.30. The van der Waals surface area contributed by atoms with Crippen LogP contribution in [-0.2, 0) is 4.79 Å². The molecule has 0 radical (unpaired) electrons. The smallest absolute Gasteiger partial charge is 0.217 e. The first-order chi connectivity index (χ1) is 7.75. The fourth-order valence-electron chi connectivity index (χ4n) is 2.58. The number of hydrogen-bond acceptors (Lipinski definition) is 1. The highest BCUT2D eigenvalue weighted by Gasteiger charge is 2.22. The molecule has 0 saturated heterocycles. The van der Waals surface area contributed by atoms with Gasteiger partial charge in [0.25, 0.3) is 0 Å². The first-order valence-electron chi connectivity index (χ1n) is 6.08. The molecule has 1 aliphatic carbocycles. The Hall–Kier alpha value is -1.31. The van der Waals surface area contributed by atoms with Crippen molar-refractivity contribution < 1.29 is 4.79 Å². The number of carbonyl (C=O) groups is 1. The van der Waals surface area contributed by atoms with Gasteiger partial charge in [0.1, 0.15) is 0 Å². The Labute approximate surface area is 97.1 Å². The summed E-state index contributed by atoms with van der Waals surface area (Å²) < 4.78 is 0. The predicted octanol–water partition coefficient (Wildman–Crippen LogP) is 2.85. The van der Waals surface area contributed by atoms with Crippen LogP contribution in [0.25, 0.3) is 0 Å². The second-order valence-corrected chi connectivity index (χ2v) is 4.66. The molecule has 1 aromatic rings. The van der Waals surface area contributed by atoms with Gasteiger partial charge in [-0.05, 0) is 37.2 Å². The molecule has 2 nitrogen and oxygen atoms in total. The number of nitrogens with one attached hydrogen (secondary N) is 1. The fraction of sp³-hybridized carbons (Fsp3) is 0.500. The van der Waals surface area contributed by atoms with Crippen molar-refractivity contribution in [3.63, 3.8) is 0 Å². The van der Waals surface area contributed by atoms with E-state index in [-0.39, 0.29) is 5.91 Å². The molecule has 0 aromatic heterocycles. The summed E-state index contributed by atoms with van der Waals surface area (Å²) in [7, 11) is 0. The zero-order valence-corrected chi connectivity index (χ0v) is 9.78. The minimum Gasteiger partial charge on any atom is -0.354 e. The summed E-state index contributed by atoms with van der Waals surface area (Å²) in [5, 5.41) is 3.01. The van der Waals surface area contributed by atoms with Crippen molar-refractivity contribution in [3.8, 4) is 0 Å². The summed E-state index contributed by atoms with van der Waals surface area (Å²) >= 11 is 0. The molecule has 2 rings (SSSR count). The van der Waals surface area contributed by atoms with Crippen LogP contribution in [0.15, 0.2) is 30.3 Å². The zero-order valence-electron chi connectivity index (χ0n) is 9.78. The van der Waals surface area contributed by atoms with Gasteiger partial charge in [0.15, 0.2) is 0 Å². The van der Waals surface area contributed by atoms with Crippen LogP contribution in [0.1, 0.15) is 44.1 Å². The highest BCUT2D eigenvalue weighted by atomic mass is 16.1. The van der Waals surface area contributed by atoms with Crippen LogP contribution in [0.2, 0.25) is 0 Å². The SMILES string of the molecule is CC(=O)NC1CCC(c2ccccc2)CC1. The van der Waals surface area contributed by atoms with E-state index in [1.54, 1.807) is 6.92 Å². The fourth-order valence-corrected chi connectivity index (χ4v) is 2.58. The maximum Gasteiger partial charge on any atom is 0.217 e. The molecule has 0 aliphatic heterocycles. The first kappa shape index (κ1) is 11.2. The van der Waals surface area contributed by atoms with Crippen LogP contribution in [0.4, 0.5) is 0 Å². The largest absolute Gasteiger partial charge is 0.354 e. The maximum absolute atomic E-state index is 11.0. The topological polar surface area (TPSA) is 29.1 Å². The van der Waals surface area contributed by atoms with Gasteiger partial charge in [0.05, 0.1) is 0 Å². The summed E-state index contributed by atoms with van der Waals surface area (Å²) in [4.78, 5) is 11.0. The lowest BCUT2D eigenvalue weighted by molar-refractivity contribution is -0.119. The monoisotopic (exact) mass is 217 g/mol. The van der Waals surface area contributed by atoms with E-state index in [0.29, 0.717) is 12.0 Å². The normalized spacial score (nSPS) is 25.1.